The number of phenolic OH excluding ortho intramolecular Hbond substituents is 1. The van der Waals surface area contributed by atoms with E-state index in [1.54, 1.807) is 0 Å². The lowest BCUT2D eigenvalue weighted by molar-refractivity contribution is -0.132. The fraction of sp³-hybridized carbons (Fsp3) is 0.417. The minimum atomic E-state index is -4.46. The summed E-state index contributed by atoms with van der Waals surface area (Å²) in [5.41, 5.74) is 0. The van der Waals surface area contributed by atoms with Crippen LogP contribution in [0.5, 0.6) is 5.75 Å². The molecule has 22 heavy (non-hydrogen) atoms. The fourth-order valence-electron chi connectivity index (χ4n) is 1.50. The first kappa shape index (κ1) is 18.5. The summed E-state index contributed by atoms with van der Waals surface area (Å²) in [6, 6.07) is 4.18. The molecule has 0 aromatic heterocycles. The fourth-order valence-corrected chi connectivity index (χ4v) is 2.54. The second-order valence-electron chi connectivity index (χ2n) is 4.38. The number of aliphatic hydroxyl groups excluding tert-OH is 4. The number of carbonyl (C=O) groups excluding carboxylic acids is 1. The molecule has 124 valence electrons. The van der Waals surface area contributed by atoms with Crippen molar-refractivity contribution in [3.63, 3.8) is 0 Å². The molecule has 4 atom stereocenters. The molecule has 9 nitrogen and oxygen atoms in total. The van der Waals surface area contributed by atoms with E-state index in [1.807, 2.05) is 0 Å². The van der Waals surface area contributed by atoms with Gasteiger partial charge in [0, 0.05) is 0 Å². The van der Waals surface area contributed by atoms with Gasteiger partial charge in [0.2, 0.25) is 0 Å². The Balaban J connectivity index is 2.93. The van der Waals surface area contributed by atoms with Gasteiger partial charge in [-0.2, -0.15) is 8.42 Å². The molecular formula is C12H16O9S. The van der Waals surface area contributed by atoms with Gasteiger partial charge in [-0.25, -0.2) is 0 Å². The Labute approximate surface area is 126 Å². The highest BCUT2D eigenvalue weighted by atomic mass is 32.2. The smallest absolute Gasteiger partial charge is 0.297 e. The van der Waals surface area contributed by atoms with Crippen molar-refractivity contribution < 1.29 is 42.9 Å². The Hall–Kier alpha value is -1.56. The Bertz CT molecular complexity index is 583. The Morgan fingerprint density at radius 1 is 1.09 bits per heavy atom. The van der Waals surface area contributed by atoms with Crippen LogP contribution in [-0.4, -0.2) is 71.3 Å². The quantitative estimate of drug-likeness (QED) is 0.260. The van der Waals surface area contributed by atoms with Crippen LogP contribution in [0.4, 0.5) is 0 Å². The highest BCUT2D eigenvalue weighted by Gasteiger charge is 2.35. The van der Waals surface area contributed by atoms with Crippen LogP contribution >= 0.6 is 0 Å². The number of phenols is 1. The predicted molar refractivity (Wildman–Crippen MR) is 71.3 cm³/mol. The van der Waals surface area contributed by atoms with Gasteiger partial charge in [-0.3, -0.25) is 4.18 Å². The van der Waals surface area contributed by atoms with E-state index in [4.69, 9.17) is 10.2 Å². The van der Waals surface area contributed by atoms with Crippen molar-refractivity contribution >= 4 is 16.4 Å². The maximum atomic E-state index is 11.9. The molecule has 0 fully saturated rings. The van der Waals surface area contributed by atoms with E-state index in [1.165, 1.54) is 0 Å². The average Bonchev–Trinajstić information content (AvgIpc) is 2.50. The van der Waals surface area contributed by atoms with E-state index in [0.717, 1.165) is 24.3 Å². The van der Waals surface area contributed by atoms with Crippen molar-refractivity contribution in [2.45, 2.75) is 29.3 Å². The van der Waals surface area contributed by atoms with Crippen molar-refractivity contribution in [1.29, 1.82) is 0 Å². The maximum Gasteiger partial charge on any atom is 0.297 e. The van der Waals surface area contributed by atoms with Gasteiger partial charge >= 0.3 is 0 Å². The van der Waals surface area contributed by atoms with Gasteiger partial charge in [-0.05, 0) is 24.3 Å². The normalized spacial score (nSPS) is 17.5. The SMILES string of the molecule is O=C[C@H](OS(=O)(=O)c1ccc(O)cc1)[C@@H](O)[C@H](O)[C@H](O)CO. The van der Waals surface area contributed by atoms with Crippen molar-refractivity contribution in [2.75, 3.05) is 6.61 Å². The van der Waals surface area contributed by atoms with E-state index in [2.05, 4.69) is 4.18 Å². The van der Waals surface area contributed by atoms with Crippen LogP contribution < -0.4 is 0 Å². The first-order chi connectivity index (χ1) is 10.2. The second kappa shape index (κ2) is 7.63. The zero-order valence-corrected chi connectivity index (χ0v) is 12.0. The summed E-state index contributed by atoms with van der Waals surface area (Å²) in [6.45, 7) is -0.908. The van der Waals surface area contributed by atoms with Crippen molar-refractivity contribution in [2.24, 2.45) is 0 Å². The number of carbonyl (C=O) groups is 1. The van der Waals surface area contributed by atoms with Crippen LogP contribution in [0.1, 0.15) is 0 Å². The highest BCUT2D eigenvalue weighted by molar-refractivity contribution is 7.86. The van der Waals surface area contributed by atoms with Crippen LogP contribution in [0.2, 0.25) is 0 Å². The summed E-state index contributed by atoms with van der Waals surface area (Å²) in [4.78, 5) is 10.5. The molecule has 0 heterocycles. The zero-order valence-electron chi connectivity index (χ0n) is 11.2. The third-order valence-electron chi connectivity index (χ3n) is 2.77. The molecule has 1 rings (SSSR count). The summed E-state index contributed by atoms with van der Waals surface area (Å²) in [5, 5.41) is 46.0. The van der Waals surface area contributed by atoms with Crippen molar-refractivity contribution in [3.05, 3.63) is 24.3 Å². The number of aromatic hydroxyl groups is 1. The lowest BCUT2D eigenvalue weighted by Crippen LogP contribution is -2.47. The second-order valence-corrected chi connectivity index (χ2v) is 5.95. The summed E-state index contributed by atoms with van der Waals surface area (Å²) in [7, 11) is -4.46. The molecule has 1 aromatic rings. The first-order valence-corrected chi connectivity index (χ1v) is 7.46. The monoisotopic (exact) mass is 336 g/mol. The summed E-state index contributed by atoms with van der Waals surface area (Å²) in [5.74, 6) is -0.188. The lowest BCUT2D eigenvalue weighted by atomic mass is 10.0. The lowest BCUT2D eigenvalue weighted by Gasteiger charge is -2.25. The number of hydrogen-bond donors (Lipinski definition) is 5. The van der Waals surface area contributed by atoms with E-state index < -0.39 is 41.1 Å². The summed E-state index contributed by atoms with van der Waals surface area (Å²) >= 11 is 0. The van der Waals surface area contributed by atoms with Gasteiger partial charge in [0.1, 0.15) is 24.1 Å². The van der Waals surface area contributed by atoms with Crippen LogP contribution in [0.3, 0.4) is 0 Å². The molecule has 0 unspecified atom stereocenters. The van der Waals surface area contributed by atoms with Gasteiger partial charge in [-0.15, -0.1) is 0 Å². The number of hydrogen-bond acceptors (Lipinski definition) is 9. The molecule has 5 N–H and O–H groups in total. The Morgan fingerprint density at radius 2 is 1.64 bits per heavy atom. The van der Waals surface area contributed by atoms with Crippen LogP contribution in [0.15, 0.2) is 29.2 Å². The van der Waals surface area contributed by atoms with E-state index in [-0.39, 0.29) is 16.9 Å². The molecule has 0 aliphatic carbocycles. The molecule has 0 aliphatic rings. The molecule has 1 aromatic carbocycles. The van der Waals surface area contributed by atoms with Gasteiger partial charge < -0.3 is 30.3 Å². The maximum absolute atomic E-state index is 11.9. The topological polar surface area (TPSA) is 162 Å². The predicted octanol–water partition coefficient (Wildman–Crippen LogP) is -2.26. The number of aldehydes is 1. The third kappa shape index (κ3) is 4.47. The summed E-state index contributed by atoms with van der Waals surface area (Å²) < 4.78 is 28.3. The van der Waals surface area contributed by atoms with E-state index in [9.17, 15) is 28.5 Å². The van der Waals surface area contributed by atoms with Gasteiger partial charge in [0.05, 0.1) is 11.5 Å². The summed E-state index contributed by atoms with van der Waals surface area (Å²) in [6.07, 6.45) is -7.90. The van der Waals surface area contributed by atoms with E-state index >= 15 is 0 Å². The molecule has 0 saturated carbocycles. The number of aliphatic hydroxyl groups is 4. The van der Waals surface area contributed by atoms with Crippen molar-refractivity contribution in [1.82, 2.24) is 0 Å². The van der Waals surface area contributed by atoms with Crippen LogP contribution in [-0.2, 0) is 19.1 Å². The Kier molecular flexibility index (Phi) is 6.41. The highest BCUT2D eigenvalue weighted by Crippen LogP contribution is 2.19. The van der Waals surface area contributed by atoms with Gasteiger partial charge in [0.25, 0.3) is 10.1 Å². The number of rotatable bonds is 8. The van der Waals surface area contributed by atoms with Crippen LogP contribution in [0.25, 0.3) is 0 Å². The Morgan fingerprint density at radius 3 is 2.09 bits per heavy atom. The standard InChI is InChI=1S/C12H16O9S/c13-5-9(16)11(17)12(18)10(6-14)21-22(19,20)8-3-1-7(15)2-4-8/h1-4,6,9-13,15-18H,5H2/t9-,10+,11-,12-/m1/s1. The average molecular weight is 336 g/mol. The minimum Gasteiger partial charge on any atom is -0.508 e. The zero-order chi connectivity index (χ0) is 16.9. The largest absolute Gasteiger partial charge is 0.508 e. The molecule has 0 spiro atoms. The third-order valence-corrected chi connectivity index (χ3v) is 4.09. The molecular weight excluding hydrogens is 320 g/mol. The van der Waals surface area contributed by atoms with Crippen LogP contribution in [0, 0.1) is 0 Å². The molecule has 0 aliphatic heterocycles. The van der Waals surface area contributed by atoms with Crippen molar-refractivity contribution in [3.8, 4) is 5.75 Å². The molecule has 0 amide bonds. The molecule has 0 saturated heterocycles. The van der Waals surface area contributed by atoms with E-state index in [0.29, 0.717) is 0 Å². The number of benzene rings is 1. The molecule has 0 radical (unpaired) electrons. The minimum absolute atomic E-state index is 0.0596. The molecule has 10 heteroatoms. The van der Waals surface area contributed by atoms with Gasteiger partial charge in [-0.1, -0.05) is 0 Å². The molecule has 0 bridgehead atoms. The van der Waals surface area contributed by atoms with Gasteiger partial charge in [0.15, 0.2) is 12.4 Å². The first-order valence-electron chi connectivity index (χ1n) is 6.05.